The number of esters is 1. The van der Waals surface area contributed by atoms with Crippen LogP contribution in [-0.2, 0) is 16.0 Å². The van der Waals surface area contributed by atoms with E-state index in [9.17, 15) is 19.3 Å². The quantitative estimate of drug-likeness (QED) is 0.433. The first-order valence-corrected chi connectivity index (χ1v) is 6.15. The van der Waals surface area contributed by atoms with Crippen molar-refractivity contribution in [2.24, 2.45) is 0 Å². The molecular formula is C13H17FN2O4. The van der Waals surface area contributed by atoms with E-state index < -0.39 is 10.7 Å². The van der Waals surface area contributed by atoms with Gasteiger partial charge in [0.2, 0.25) is 0 Å². The van der Waals surface area contributed by atoms with Gasteiger partial charge in [-0.15, -0.1) is 0 Å². The lowest BCUT2D eigenvalue weighted by atomic mass is 10.1. The molecule has 0 spiro atoms. The number of carbonyl (C=O) groups is 1. The van der Waals surface area contributed by atoms with E-state index in [4.69, 9.17) is 4.74 Å². The number of halogens is 1. The fourth-order valence-corrected chi connectivity index (χ4v) is 1.69. The number of likely N-dealkylation sites (N-methyl/N-ethyl adjacent to an activating group) is 1. The third kappa shape index (κ3) is 5.31. The van der Waals surface area contributed by atoms with Crippen molar-refractivity contribution in [3.8, 4) is 0 Å². The Hall–Kier alpha value is -2.02. The topological polar surface area (TPSA) is 72.7 Å². The normalized spacial score (nSPS) is 10.6. The van der Waals surface area contributed by atoms with Crippen molar-refractivity contribution in [1.82, 2.24) is 4.90 Å². The minimum absolute atomic E-state index is 0.210. The van der Waals surface area contributed by atoms with Gasteiger partial charge in [-0.25, -0.2) is 4.39 Å². The zero-order valence-electron chi connectivity index (χ0n) is 11.5. The average molecular weight is 284 g/mol. The predicted octanol–water partition coefficient (Wildman–Crippen LogP) is 1.77. The molecule has 0 aliphatic rings. The van der Waals surface area contributed by atoms with Crippen LogP contribution in [0, 0.1) is 15.9 Å². The van der Waals surface area contributed by atoms with Gasteiger partial charge in [0.05, 0.1) is 11.0 Å². The first kappa shape index (κ1) is 16.0. The number of carbonyl (C=O) groups excluding carboxylic acids is 1. The summed E-state index contributed by atoms with van der Waals surface area (Å²) in [5.74, 6) is -0.962. The Labute approximate surface area is 116 Å². The molecule has 0 aromatic heterocycles. The van der Waals surface area contributed by atoms with E-state index in [1.807, 2.05) is 11.9 Å². The molecule has 0 unspecified atom stereocenters. The lowest BCUT2D eigenvalue weighted by molar-refractivity contribution is -0.385. The second-order valence-corrected chi connectivity index (χ2v) is 4.42. The van der Waals surface area contributed by atoms with Gasteiger partial charge in [-0.3, -0.25) is 14.9 Å². The maximum Gasteiger partial charge on any atom is 0.302 e. The maximum atomic E-state index is 13.0. The molecule has 20 heavy (non-hydrogen) atoms. The molecule has 0 bridgehead atoms. The molecule has 1 aromatic rings. The molecule has 6 nitrogen and oxygen atoms in total. The first-order valence-electron chi connectivity index (χ1n) is 6.15. The van der Waals surface area contributed by atoms with E-state index in [1.54, 1.807) is 0 Å². The van der Waals surface area contributed by atoms with Crippen molar-refractivity contribution in [2.75, 3.05) is 26.7 Å². The first-order chi connectivity index (χ1) is 9.40. The Morgan fingerprint density at radius 2 is 2.15 bits per heavy atom. The average Bonchev–Trinajstić information content (AvgIpc) is 2.36. The second-order valence-electron chi connectivity index (χ2n) is 4.42. The summed E-state index contributed by atoms with van der Waals surface area (Å²) in [6, 6.07) is 3.56. The van der Waals surface area contributed by atoms with Gasteiger partial charge in [-0.1, -0.05) is 0 Å². The molecule has 1 rings (SSSR count). The monoisotopic (exact) mass is 284 g/mol. The molecule has 110 valence electrons. The number of nitro benzene ring substituents is 1. The summed E-state index contributed by atoms with van der Waals surface area (Å²) in [7, 11) is 1.82. The third-order valence-electron chi connectivity index (χ3n) is 2.79. The van der Waals surface area contributed by atoms with Crippen molar-refractivity contribution in [3.05, 3.63) is 39.7 Å². The summed E-state index contributed by atoms with van der Waals surface area (Å²) in [6.07, 6.45) is 0.424. The lowest BCUT2D eigenvalue weighted by Gasteiger charge is -2.16. The van der Waals surface area contributed by atoms with Crippen LogP contribution in [0.2, 0.25) is 0 Å². The standard InChI is InChI=1S/C13H17FN2O4/c1-10(17)20-8-7-15(2)6-5-11-3-4-12(14)9-13(11)16(18)19/h3-4,9H,5-8H2,1-2H3. The van der Waals surface area contributed by atoms with E-state index in [1.165, 1.54) is 19.1 Å². The van der Waals surface area contributed by atoms with Crippen LogP contribution in [0.4, 0.5) is 10.1 Å². The lowest BCUT2D eigenvalue weighted by Crippen LogP contribution is -2.26. The molecule has 1 aromatic carbocycles. The zero-order chi connectivity index (χ0) is 15.1. The third-order valence-corrected chi connectivity index (χ3v) is 2.79. The maximum absolute atomic E-state index is 13.0. The highest BCUT2D eigenvalue weighted by molar-refractivity contribution is 5.65. The molecule has 0 aliphatic carbocycles. The molecule has 7 heteroatoms. The largest absolute Gasteiger partial charge is 0.465 e. The van der Waals surface area contributed by atoms with Crippen molar-refractivity contribution in [3.63, 3.8) is 0 Å². The Balaban J connectivity index is 2.52. The van der Waals surface area contributed by atoms with Crippen LogP contribution in [0.3, 0.4) is 0 Å². The highest BCUT2D eigenvalue weighted by atomic mass is 19.1. The summed E-state index contributed by atoms with van der Waals surface area (Å²) in [4.78, 5) is 22.7. The summed E-state index contributed by atoms with van der Waals surface area (Å²) >= 11 is 0. The summed E-state index contributed by atoms with van der Waals surface area (Å²) in [6.45, 7) is 2.70. The van der Waals surface area contributed by atoms with E-state index in [-0.39, 0.29) is 18.3 Å². The van der Waals surface area contributed by atoms with Gasteiger partial charge >= 0.3 is 5.97 Å². The smallest absolute Gasteiger partial charge is 0.302 e. The van der Waals surface area contributed by atoms with Gasteiger partial charge in [-0.05, 0) is 25.6 Å². The molecular weight excluding hydrogens is 267 g/mol. The molecule has 0 N–H and O–H groups in total. The number of benzene rings is 1. The van der Waals surface area contributed by atoms with E-state index in [0.29, 0.717) is 25.1 Å². The Kier molecular flexibility index (Phi) is 6.05. The number of ether oxygens (including phenoxy) is 1. The summed E-state index contributed by atoms with van der Waals surface area (Å²) < 4.78 is 17.8. The Morgan fingerprint density at radius 3 is 2.75 bits per heavy atom. The Morgan fingerprint density at radius 1 is 1.45 bits per heavy atom. The van der Waals surface area contributed by atoms with Crippen LogP contribution in [-0.4, -0.2) is 42.5 Å². The molecule has 0 amide bonds. The minimum Gasteiger partial charge on any atom is -0.465 e. The number of hydrogen-bond acceptors (Lipinski definition) is 5. The van der Waals surface area contributed by atoms with E-state index in [2.05, 4.69) is 0 Å². The van der Waals surface area contributed by atoms with Crippen LogP contribution < -0.4 is 0 Å². The van der Waals surface area contributed by atoms with E-state index in [0.717, 1.165) is 6.07 Å². The fourth-order valence-electron chi connectivity index (χ4n) is 1.69. The SMILES string of the molecule is CC(=O)OCCN(C)CCc1ccc(F)cc1[N+](=O)[O-]. The van der Waals surface area contributed by atoms with Crippen molar-refractivity contribution in [2.45, 2.75) is 13.3 Å². The predicted molar refractivity (Wildman–Crippen MR) is 70.9 cm³/mol. The van der Waals surface area contributed by atoms with Crippen LogP contribution in [0.15, 0.2) is 18.2 Å². The minimum atomic E-state index is -0.622. The van der Waals surface area contributed by atoms with Crippen molar-refractivity contribution in [1.29, 1.82) is 0 Å². The van der Waals surface area contributed by atoms with Gasteiger partial charge in [0.25, 0.3) is 5.69 Å². The molecule has 0 radical (unpaired) electrons. The van der Waals surface area contributed by atoms with Crippen molar-refractivity contribution >= 4 is 11.7 Å². The molecule has 0 atom stereocenters. The second kappa shape index (κ2) is 7.54. The zero-order valence-corrected chi connectivity index (χ0v) is 11.5. The van der Waals surface area contributed by atoms with Crippen LogP contribution >= 0.6 is 0 Å². The van der Waals surface area contributed by atoms with Crippen molar-refractivity contribution < 1.29 is 18.8 Å². The fraction of sp³-hybridized carbons (Fsp3) is 0.462. The molecule has 0 heterocycles. The van der Waals surface area contributed by atoms with Gasteiger partial charge in [0.1, 0.15) is 12.4 Å². The highest BCUT2D eigenvalue weighted by Crippen LogP contribution is 2.20. The van der Waals surface area contributed by atoms with E-state index >= 15 is 0 Å². The molecule has 0 saturated heterocycles. The van der Waals surface area contributed by atoms with Crippen LogP contribution in [0.25, 0.3) is 0 Å². The number of rotatable bonds is 7. The number of hydrogen-bond donors (Lipinski definition) is 0. The van der Waals surface area contributed by atoms with Gasteiger partial charge in [0.15, 0.2) is 0 Å². The van der Waals surface area contributed by atoms with Gasteiger partial charge < -0.3 is 9.64 Å². The summed E-state index contributed by atoms with van der Waals surface area (Å²) in [5, 5.41) is 10.8. The molecule has 0 fully saturated rings. The Bertz CT molecular complexity index is 493. The van der Waals surface area contributed by atoms with Crippen LogP contribution in [0.1, 0.15) is 12.5 Å². The molecule has 0 saturated carbocycles. The van der Waals surface area contributed by atoms with Gasteiger partial charge in [-0.2, -0.15) is 0 Å². The van der Waals surface area contributed by atoms with Gasteiger partial charge in [0, 0.05) is 25.6 Å². The number of nitro groups is 1. The van der Waals surface area contributed by atoms with Crippen LogP contribution in [0.5, 0.6) is 0 Å². The summed E-state index contributed by atoms with van der Waals surface area (Å²) in [5.41, 5.74) is 0.272. The number of nitrogens with zero attached hydrogens (tertiary/aromatic N) is 2. The molecule has 0 aliphatic heterocycles. The highest BCUT2D eigenvalue weighted by Gasteiger charge is 2.15.